The molecule has 1 aromatic heterocycles. The number of carbonyl (C=O) groups is 1. The molecular weight excluding hydrogens is 206 g/mol. The Labute approximate surface area is 96.0 Å². The van der Waals surface area contributed by atoms with Crippen LogP contribution in [0.4, 0.5) is 4.79 Å². The van der Waals surface area contributed by atoms with Gasteiger partial charge in [0.1, 0.15) is 11.5 Å². The van der Waals surface area contributed by atoms with Crippen LogP contribution in [-0.4, -0.2) is 12.2 Å². The molecule has 0 bridgehead atoms. The number of carbonyl (C=O) groups excluding carboxylic acids is 1. The SMILES string of the molecule is Cc1cc(C(C)NC(=O)OC(C)C)c(C)o1. The lowest BCUT2D eigenvalue weighted by molar-refractivity contribution is 0.113. The van der Waals surface area contributed by atoms with Crippen molar-refractivity contribution in [2.45, 2.75) is 46.8 Å². The molecule has 0 saturated carbocycles. The molecule has 0 spiro atoms. The number of hydrogen-bond acceptors (Lipinski definition) is 3. The van der Waals surface area contributed by atoms with Crippen molar-refractivity contribution in [2.24, 2.45) is 0 Å². The largest absolute Gasteiger partial charge is 0.466 e. The maximum Gasteiger partial charge on any atom is 0.407 e. The number of alkyl carbamates (subject to hydrolysis) is 1. The first kappa shape index (κ1) is 12.6. The third-order valence-electron chi connectivity index (χ3n) is 2.22. The molecule has 0 fully saturated rings. The van der Waals surface area contributed by atoms with Gasteiger partial charge in [0.05, 0.1) is 12.1 Å². The van der Waals surface area contributed by atoms with Crippen LogP contribution in [0, 0.1) is 13.8 Å². The molecule has 1 heterocycles. The summed E-state index contributed by atoms with van der Waals surface area (Å²) in [6.45, 7) is 9.30. The Morgan fingerprint density at radius 1 is 1.38 bits per heavy atom. The van der Waals surface area contributed by atoms with E-state index < -0.39 is 6.09 Å². The van der Waals surface area contributed by atoms with Crippen LogP contribution in [-0.2, 0) is 4.74 Å². The summed E-state index contributed by atoms with van der Waals surface area (Å²) in [7, 11) is 0. The summed E-state index contributed by atoms with van der Waals surface area (Å²) < 4.78 is 10.4. The maximum atomic E-state index is 11.4. The molecule has 0 aromatic carbocycles. The van der Waals surface area contributed by atoms with Crippen molar-refractivity contribution in [2.75, 3.05) is 0 Å². The first-order chi connectivity index (χ1) is 7.40. The van der Waals surface area contributed by atoms with Crippen molar-refractivity contribution in [3.63, 3.8) is 0 Å². The monoisotopic (exact) mass is 225 g/mol. The van der Waals surface area contributed by atoms with Crippen molar-refractivity contribution in [1.29, 1.82) is 0 Å². The normalized spacial score (nSPS) is 12.6. The molecule has 1 unspecified atom stereocenters. The Morgan fingerprint density at radius 2 is 2.00 bits per heavy atom. The Morgan fingerprint density at radius 3 is 2.44 bits per heavy atom. The molecule has 0 aliphatic carbocycles. The van der Waals surface area contributed by atoms with Crippen LogP contribution in [0.1, 0.15) is 43.9 Å². The molecule has 4 heteroatoms. The van der Waals surface area contributed by atoms with Gasteiger partial charge in [0.25, 0.3) is 0 Å². The van der Waals surface area contributed by atoms with Gasteiger partial charge in [0.15, 0.2) is 0 Å². The van der Waals surface area contributed by atoms with Crippen LogP contribution in [0.3, 0.4) is 0 Å². The smallest absolute Gasteiger partial charge is 0.407 e. The number of hydrogen-bond donors (Lipinski definition) is 1. The highest BCUT2D eigenvalue weighted by molar-refractivity contribution is 5.68. The molecule has 1 aromatic rings. The number of rotatable bonds is 3. The van der Waals surface area contributed by atoms with Gasteiger partial charge in [-0.3, -0.25) is 0 Å². The molecule has 0 radical (unpaired) electrons. The van der Waals surface area contributed by atoms with Crippen LogP contribution in [0.2, 0.25) is 0 Å². The Bertz CT molecular complexity index is 368. The minimum atomic E-state index is -0.402. The molecule has 0 saturated heterocycles. The Balaban J connectivity index is 2.62. The first-order valence-electron chi connectivity index (χ1n) is 5.44. The second-order valence-corrected chi connectivity index (χ2v) is 4.19. The van der Waals surface area contributed by atoms with Gasteiger partial charge in [-0.15, -0.1) is 0 Å². The predicted octanol–water partition coefficient (Wildman–Crippen LogP) is 3.09. The average Bonchev–Trinajstić information content (AvgIpc) is 2.43. The summed E-state index contributed by atoms with van der Waals surface area (Å²) in [6.07, 6.45) is -0.514. The third-order valence-corrected chi connectivity index (χ3v) is 2.22. The molecule has 0 aliphatic heterocycles. The predicted molar refractivity (Wildman–Crippen MR) is 61.3 cm³/mol. The van der Waals surface area contributed by atoms with E-state index in [1.54, 1.807) is 0 Å². The fourth-order valence-corrected chi connectivity index (χ4v) is 1.58. The summed E-state index contributed by atoms with van der Waals surface area (Å²) in [5.74, 6) is 1.67. The Kier molecular flexibility index (Phi) is 3.99. The van der Waals surface area contributed by atoms with E-state index in [1.807, 2.05) is 40.7 Å². The lowest BCUT2D eigenvalue weighted by Gasteiger charge is -2.14. The highest BCUT2D eigenvalue weighted by Crippen LogP contribution is 2.21. The van der Waals surface area contributed by atoms with E-state index in [2.05, 4.69) is 5.32 Å². The van der Waals surface area contributed by atoms with Gasteiger partial charge < -0.3 is 14.5 Å². The molecule has 1 N–H and O–H groups in total. The zero-order valence-electron chi connectivity index (χ0n) is 10.5. The zero-order chi connectivity index (χ0) is 12.3. The van der Waals surface area contributed by atoms with E-state index >= 15 is 0 Å². The van der Waals surface area contributed by atoms with Crippen LogP contribution < -0.4 is 5.32 Å². The minimum Gasteiger partial charge on any atom is -0.466 e. The summed E-state index contributed by atoms with van der Waals surface area (Å²) in [6, 6.07) is 1.82. The maximum absolute atomic E-state index is 11.4. The van der Waals surface area contributed by atoms with E-state index in [9.17, 15) is 4.79 Å². The number of furan rings is 1. The van der Waals surface area contributed by atoms with E-state index in [1.165, 1.54) is 0 Å². The van der Waals surface area contributed by atoms with E-state index in [0.29, 0.717) is 0 Å². The molecule has 1 amide bonds. The lowest BCUT2D eigenvalue weighted by atomic mass is 10.1. The van der Waals surface area contributed by atoms with Crippen molar-refractivity contribution in [3.05, 3.63) is 23.2 Å². The molecule has 0 aliphatic rings. The number of amides is 1. The van der Waals surface area contributed by atoms with Crippen molar-refractivity contribution in [1.82, 2.24) is 5.32 Å². The van der Waals surface area contributed by atoms with Crippen LogP contribution in [0.15, 0.2) is 10.5 Å². The van der Waals surface area contributed by atoms with Gasteiger partial charge in [0, 0.05) is 5.56 Å². The number of ether oxygens (including phenoxy) is 1. The highest BCUT2D eigenvalue weighted by atomic mass is 16.6. The van der Waals surface area contributed by atoms with Crippen LogP contribution in [0.25, 0.3) is 0 Å². The summed E-state index contributed by atoms with van der Waals surface area (Å²) in [4.78, 5) is 11.4. The number of nitrogens with one attached hydrogen (secondary N) is 1. The van der Waals surface area contributed by atoms with E-state index in [0.717, 1.165) is 17.1 Å². The quantitative estimate of drug-likeness (QED) is 0.860. The Hall–Kier alpha value is -1.45. The van der Waals surface area contributed by atoms with Gasteiger partial charge in [-0.2, -0.15) is 0 Å². The van der Waals surface area contributed by atoms with E-state index in [-0.39, 0.29) is 12.1 Å². The fourth-order valence-electron chi connectivity index (χ4n) is 1.58. The summed E-state index contributed by atoms with van der Waals surface area (Å²) >= 11 is 0. The standard InChI is InChI=1S/C12H19NO3/c1-7(2)15-12(14)13-9(4)11-6-8(3)16-10(11)5/h6-7,9H,1-5H3,(H,13,14). The lowest BCUT2D eigenvalue weighted by Crippen LogP contribution is -2.29. The molecule has 90 valence electrons. The van der Waals surface area contributed by atoms with Gasteiger partial charge in [-0.25, -0.2) is 4.79 Å². The second-order valence-electron chi connectivity index (χ2n) is 4.19. The molecule has 1 atom stereocenters. The highest BCUT2D eigenvalue weighted by Gasteiger charge is 2.16. The summed E-state index contributed by atoms with van der Waals surface area (Å²) in [5.41, 5.74) is 0.984. The van der Waals surface area contributed by atoms with Crippen molar-refractivity contribution >= 4 is 6.09 Å². The van der Waals surface area contributed by atoms with Crippen molar-refractivity contribution in [3.8, 4) is 0 Å². The molecular formula is C12H19NO3. The first-order valence-corrected chi connectivity index (χ1v) is 5.44. The minimum absolute atomic E-state index is 0.108. The topological polar surface area (TPSA) is 51.5 Å². The van der Waals surface area contributed by atoms with Crippen LogP contribution >= 0.6 is 0 Å². The fraction of sp³-hybridized carbons (Fsp3) is 0.583. The average molecular weight is 225 g/mol. The second kappa shape index (κ2) is 5.05. The molecule has 1 rings (SSSR count). The third kappa shape index (κ3) is 3.29. The van der Waals surface area contributed by atoms with Crippen LogP contribution in [0.5, 0.6) is 0 Å². The number of aryl methyl sites for hydroxylation is 2. The summed E-state index contributed by atoms with van der Waals surface area (Å²) in [5, 5.41) is 2.76. The van der Waals surface area contributed by atoms with Crippen molar-refractivity contribution < 1.29 is 13.9 Å². The molecule has 16 heavy (non-hydrogen) atoms. The van der Waals surface area contributed by atoms with Gasteiger partial charge in [-0.05, 0) is 40.7 Å². The zero-order valence-corrected chi connectivity index (χ0v) is 10.5. The van der Waals surface area contributed by atoms with Gasteiger partial charge >= 0.3 is 6.09 Å². The van der Waals surface area contributed by atoms with E-state index in [4.69, 9.17) is 9.15 Å². The van der Waals surface area contributed by atoms with Gasteiger partial charge in [-0.1, -0.05) is 0 Å². The molecule has 4 nitrogen and oxygen atoms in total. The van der Waals surface area contributed by atoms with Gasteiger partial charge in [0.2, 0.25) is 0 Å².